The average molecular weight is 283 g/mol. The number of rotatable bonds is 0. The number of hydrogen-bond acceptors (Lipinski definition) is 0. The third kappa shape index (κ3) is 1.39. The van der Waals surface area contributed by atoms with Crippen molar-refractivity contribution < 1.29 is 13.1 Å². The molecule has 3 heterocycles. The zero-order valence-corrected chi connectivity index (χ0v) is 12.0. The molecule has 0 spiro atoms. The van der Waals surface area contributed by atoms with Crippen molar-refractivity contribution in [2.45, 2.75) is 27.7 Å². The molecule has 0 saturated heterocycles. The van der Waals surface area contributed by atoms with Gasteiger partial charge in [-0.25, -0.2) is 0 Å². The van der Waals surface area contributed by atoms with Gasteiger partial charge in [0, 0.05) is 24.3 Å². The predicted octanol–water partition coefficient (Wildman–Crippen LogP) is 3.68. The Morgan fingerprint density at radius 1 is 1.21 bits per heavy atom. The van der Waals surface area contributed by atoms with E-state index in [1.807, 2.05) is 13.8 Å². The molecule has 3 rings (SSSR count). The number of aromatic nitrogens is 1. The van der Waals surface area contributed by atoms with Crippen molar-refractivity contribution in [3.05, 3.63) is 40.4 Å². The lowest BCUT2D eigenvalue weighted by Gasteiger charge is -2.32. The summed E-state index contributed by atoms with van der Waals surface area (Å²) in [6.07, 6.45) is 1.75. The highest BCUT2D eigenvalue weighted by Gasteiger charge is 2.54. The Balaban J connectivity index is 2.47. The van der Waals surface area contributed by atoms with Crippen LogP contribution < -0.4 is 0 Å². The van der Waals surface area contributed by atoms with Gasteiger partial charge in [-0.15, -0.1) is 0 Å². The highest BCUT2D eigenvalue weighted by atomic mass is 35.5. The molecule has 100 valence electrons. The second-order valence-electron chi connectivity index (χ2n) is 5.28. The molecule has 0 radical (unpaired) electrons. The first kappa shape index (κ1) is 12.7. The minimum atomic E-state index is -3.88. The summed E-state index contributed by atoms with van der Waals surface area (Å²) < 4.78 is 31.8. The molecule has 6 heteroatoms. The molecule has 2 nitrogen and oxygen atoms in total. The van der Waals surface area contributed by atoms with E-state index >= 15 is 0 Å². The molecule has 0 fully saturated rings. The van der Waals surface area contributed by atoms with Crippen molar-refractivity contribution >= 4 is 29.3 Å². The van der Waals surface area contributed by atoms with E-state index in [2.05, 4.69) is 0 Å². The molecule has 0 aromatic carbocycles. The van der Waals surface area contributed by atoms with Crippen LogP contribution in [0.5, 0.6) is 0 Å². The first-order chi connectivity index (χ1) is 8.76. The standard InChI is InChI=1S/C13H14BClF2N2/c1-7-5-9(3)18-12(7)11(15)13-8(2)6-10(4)19(13)14(18,16)17/h5-6H,1-4H3. The maximum atomic E-state index is 14.8. The molecule has 1 aromatic heterocycles. The molecule has 0 unspecified atom stereocenters. The summed E-state index contributed by atoms with van der Waals surface area (Å²) in [5.41, 5.74) is 3.52. The van der Waals surface area contributed by atoms with Gasteiger partial charge in [-0.05, 0) is 38.1 Å². The third-order valence-electron chi connectivity index (χ3n) is 3.88. The highest BCUT2D eigenvalue weighted by molar-refractivity contribution is 6.61. The van der Waals surface area contributed by atoms with E-state index in [0.29, 0.717) is 27.8 Å². The van der Waals surface area contributed by atoms with Crippen molar-refractivity contribution in [2.24, 2.45) is 0 Å². The minimum absolute atomic E-state index is 0.406. The first-order valence-electron chi connectivity index (χ1n) is 6.19. The molecular weight excluding hydrogens is 268 g/mol. The topological polar surface area (TPSA) is 7.94 Å². The molecule has 0 saturated carbocycles. The van der Waals surface area contributed by atoms with Gasteiger partial charge in [0.05, 0.1) is 0 Å². The van der Waals surface area contributed by atoms with Crippen molar-refractivity contribution in [2.75, 3.05) is 0 Å². The quantitative estimate of drug-likeness (QED) is 0.641. The van der Waals surface area contributed by atoms with Gasteiger partial charge >= 0.3 is 6.97 Å². The van der Waals surface area contributed by atoms with Crippen LogP contribution in [0.4, 0.5) is 8.63 Å². The Bertz CT molecular complexity index is 710. The molecule has 0 atom stereocenters. The Hall–Kier alpha value is -1.36. The zero-order chi connectivity index (χ0) is 14.1. The van der Waals surface area contributed by atoms with Crippen LogP contribution in [-0.2, 0) is 0 Å². The van der Waals surface area contributed by atoms with Gasteiger partial charge in [0.2, 0.25) is 0 Å². The van der Waals surface area contributed by atoms with E-state index in [4.69, 9.17) is 11.6 Å². The van der Waals surface area contributed by atoms with E-state index < -0.39 is 6.97 Å². The van der Waals surface area contributed by atoms with Gasteiger partial charge < -0.3 is 17.6 Å². The number of allylic oxidation sites excluding steroid dienone is 2. The molecular formula is C13H14BClF2N2. The normalized spacial score (nSPS) is 20.7. The highest BCUT2D eigenvalue weighted by Crippen LogP contribution is 2.42. The lowest BCUT2D eigenvalue weighted by atomic mass is 9.89. The lowest BCUT2D eigenvalue weighted by Crippen LogP contribution is -2.51. The van der Waals surface area contributed by atoms with Crippen LogP contribution in [0, 0.1) is 13.8 Å². The van der Waals surface area contributed by atoms with E-state index in [-0.39, 0.29) is 0 Å². The largest absolute Gasteiger partial charge is 0.737 e. The Kier molecular flexibility index (Phi) is 2.40. The second kappa shape index (κ2) is 3.60. The smallest absolute Gasteiger partial charge is 0.393 e. The predicted molar refractivity (Wildman–Crippen MR) is 74.7 cm³/mol. The maximum absolute atomic E-state index is 14.8. The average Bonchev–Trinajstić information content (AvgIpc) is 2.74. The fourth-order valence-electron chi connectivity index (χ4n) is 3.22. The van der Waals surface area contributed by atoms with E-state index in [9.17, 15) is 8.63 Å². The number of fused-ring (bicyclic) bond motifs is 2. The Labute approximate surface area is 115 Å². The molecule has 0 amide bonds. The van der Waals surface area contributed by atoms with E-state index in [1.54, 1.807) is 26.0 Å². The van der Waals surface area contributed by atoms with Gasteiger partial charge in [0.25, 0.3) is 0 Å². The van der Waals surface area contributed by atoms with Crippen molar-refractivity contribution in [3.63, 3.8) is 0 Å². The molecule has 19 heavy (non-hydrogen) atoms. The van der Waals surface area contributed by atoms with Crippen LogP contribution in [0.2, 0.25) is 0 Å². The molecule has 2 aliphatic heterocycles. The first-order valence-corrected chi connectivity index (χ1v) is 6.57. The monoisotopic (exact) mass is 282 g/mol. The summed E-state index contributed by atoms with van der Waals surface area (Å²) in [5, 5.41) is 0.406. The zero-order valence-electron chi connectivity index (χ0n) is 11.3. The number of hydrogen-bond donors (Lipinski definition) is 0. The molecule has 0 N–H and O–H groups in total. The number of halogens is 3. The summed E-state index contributed by atoms with van der Waals surface area (Å²) in [5.74, 6) is 0. The fourth-order valence-corrected chi connectivity index (χ4v) is 3.70. The van der Waals surface area contributed by atoms with Crippen molar-refractivity contribution in [1.82, 2.24) is 4.48 Å². The van der Waals surface area contributed by atoms with Crippen LogP contribution >= 0.6 is 11.6 Å². The SMILES string of the molecule is CC1=CC(C)=[N+]2C1=C(Cl)c1c(C)cc(C)n1[B-]2(F)F. The van der Waals surface area contributed by atoms with Crippen LogP contribution in [-0.4, -0.2) is 21.6 Å². The summed E-state index contributed by atoms with van der Waals surface area (Å²) in [6, 6.07) is 1.75. The lowest BCUT2D eigenvalue weighted by molar-refractivity contribution is -0.363. The van der Waals surface area contributed by atoms with Gasteiger partial charge in [-0.2, -0.15) is 0 Å². The molecule has 0 aliphatic carbocycles. The summed E-state index contributed by atoms with van der Waals surface area (Å²) >= 11 is 6.39. The molecule has 2 aliphatic rings. The number of aryl methyl sites for hydroxylation is 2. The van der Waals surface area contributed by atoms with Crippen LogP contribution in [0.3, 0.4) is 0 Å². The second-order valence-corrected chi connectivity index (χ2v) is 5.65. The van der Waals surface area contributed by atoms with Gasteiger partial charge in [-0.3, -0.25) is 0 Å². The minimum Gasteiger partial charge on any atom is -0.393 e. The summed E-state index contributed by atoms with van der Waals surface area (Å²) in [6.45, 7) is 3.13. The molecule has 0 bridgehead atoms. The fraction of sp³-hybridized carbons (Fsp3) is 0.308. The Morgan fingerprint density at radius 2 is 1.84 bits per heavy atom. The van der Waals surface area contributed by atoms with Gasteiger partial charge in [0.15, 0.2) is 5.70 Å². The van der Waals surface area contributed by atoms with Crippen LogP contribution in [0.1, 0.15) is 30.8 Å². The number of nitrogens with zero attached hydrogens (tertiary/aromatic N) is 2. The van der Waals surface area contributed by atoms with Crippen molar-refractivity contribution in [1.29, 1.82) is 0 Å². The summed E-state index contributed by atoms with van der Waals surface area (Å²) in [4.78, 5) is 0. The van der Waals surface area contributed by atoms with Gasteiger partial charge in [-0.1, -0.05) is 11.6 Å². The molecule has 1 aromatic rings. The Morgan fingerprint density at radius 3 is 2.47 bits per heavy atom. The van der Waals surface area contributed by atoms with Gasteiger partial charge in [0.1, 0.15) is 10.7 Å². The van der Waals surface area contributed by atoms with Crippen LogP contribution in [0.25, 0.3) is 5.03 Å². The summed E-state index contributed by atoms with van der Waals surface area (Å²) in [7, 11) is 0. The van der Waals surface area contributed by atoms with Crippen molar-refractivity contribution in [3.8, 4) is 0 Å². The van der Waals surface area contributed by atoms with E-state index in [0.717, 1.165) is 20.1 Å². The van der Waals surface area contributed by atoms with E-state index in [1.165, 1.54) is 0 Å². The third-order valence-corrected chi connectivity index (χ3v) is 4.23. The maximum Gasteiger partial charge on any atom is 0.737 e. The van der Waals surface area contributed by atoms with Crippen LogP contribution in [0.15, 0.2) is 23.4 Å².